The van der Waals surface area contributed by atoms with Crippen LogP contribution in [0.2, 0.25) is 0 Å². The van der Waals surface area contributed by atoms with Gasteiger partial charge in [-0.15, -0.1) is 5.10 Å². The van der Waals surface area contributed by atoms with Crippen molar-refractivity contribution in [3.63, 3.8) is 0 Å². The molecule has 0 amide bonds. The molecule has 0 unspecified atom stereocenters. The molecule has 0 saturated carbocycles. The Kier molecular flexibility index (Phi) is 5.84. The van der Waals surface area contributed by atoms with Crippen LogP contribution in [-0.4, -0.2) is 29.6 Å². The van der Waals surface area contributed by atoms with Gasteiger partial charge in [-0.05, 0) is 76.4 Å². The number of aromatic hydroxyl groups is 1. The van der Waals surface area contributed by atoms with Crippen LogP contribution in [0.4, 0.5) is 0 Å². The molecular formula is C27H34N4O3. The SMILES string of the molecule is CC(C)c1cc(-c2nn(C(C)C)c(=O)n2-c2ccc3c(ccn3C)c2)c(O)cc1OC(C)(C)C. The molecule has 0 aliphatic carbocycles. The number of ether oxygens (including phenoxy) is 1. The van der Waals surface area contributed by atoms with Crippen molar-refractivity contribution >= 4 is 10.9 Å². The molecule has 0 atom stereocenters. The van der Waals surface area contributed by atoms with Crippen LogP contribution < -0.4 is 10.4 Å². The zero-order chi connectivity index (χ0) is 24.9. The predicted molar refractivity (Wildman–Crippen MR) is 136 cm³/mol. The second-order valence-electron chi connectivity index (χ2n) is 10.4. The predicted octanol–water partition coefficient (Wildman–Crippen LogP) is 5.78. The summed E-state index contributed by atoms with van der Waals surface area (Å²) in [5.41, 5.74) is 2.55. The van der Waals surface area contributed by atoms with Gasteiger partial charge in [0.25, 0.3) is 0 Å². The monoisotopic (exact) mass is 462 g/mol. The van der Waals surface area contributed by atoms with E-state index in [-0.39, 0.29) is 23.4 Å². The maximum atomic E-state index is 13.5. The van der Waals surface area contributed by atoms with Gasteiger partial charge in [-0.2, -0.15) is 0 Å². The minimum atomic E-state index is -0.413. The second-order valence-corrected chi connectivity index (χ2v) is 10.4. The molecule has 1 N–H and O–H groups in total. The van der Waals surface area contributed by atoms with E-state index < -0.39 is 5.60 Å². The van der Waals surface area contributed by atoms with E-state index in [0.717, 1.165) is 16.5 Å². The lowest BCUT2D eigenvalue weighted by molar-refractivity contribution is 0.128. The van der Waals surface area contributed by atoms with E-state index >= 15 is 0 Å². The highest BCUT2D eigenvalue weighted by Gasteiger charge is 2.25. The van der Waals surface area contributed by atoms with Gasteiger partial charge in [0.15, 0.2) is 5.82 Å². The average Bonchev–Trinajstić information content (AvgIpc) is 3.26. The van der Waals surface area contributed by atoms with Gasteiger partial charge in [-0.25, -0.2) is 14.0 Å². The number of benzene rings is 2. The van der Waals surface area contributed by atoms with E-state index in [9.17, 15) is 9.90 Å². The maximum Gasteiger partial charge on any atom is 0.351 e. The van der Waals surface area contributed by atoms with E-state index in [1.807, 2.05) is 82.8 Å². The van der Waals surface area contributed by atoms with Gasteiger partial charge >= 0.3 is 5.69 Å². The minimum Gasteiger partial charge on any atom is -0.507 e. The Morgan fingerprint density at radius 2 is 1.74 bits per heavy atom. The van der Waals surface area contributed by atoms with Crippen molar-refractivity contribution in [2.75, 3.05) is 0 Å². The van der Waals surface area contributed by atoms with Crippen LogP contribution >= 0.6 is 0 Å². The van der Waals surface area contributed by atoms with Gasteiger partial charge < -0.3 is 14.4 Å². The molecular weight excluding hydrogens is 428 g/mol. The number of aryl methyl sites for hydroxylation is 1. The first-order valence-electron chi connectivity index (χ1n) is 11.7. The Bertz CT molecular complexity index is 1410. The fraction of sp³-hybridized carbons (Fsp3) is 0.407. The normalized spacial score (nSPS) is 12.3. The van der Waals surface area contributed by atoms with Crippen LogP contribution in [0.5, 0.6) is 11.5 Å². The van der Waals surface area contributed by atoms with Gasteiger partial charge in [0.05, 0.1) is 17.3 Å². The fourth-order valence-corrected chi connectivity index (χ4v) is 4.17. The third-order valence-corrected chi connectivity index (χ3v) is 5.82. The van der Waals surface area contributed by atoms with Crippen LogP contribution in [0.1, 0.15) is 66.0 Å². The summed E-state index contributed by atoms with van der Waals surface area (Å²) < 4.78 is 11.2. The summed E-state index contributed by atoms with van der Waals surface area (Å²) in [6.07, 6.45) is 1.99. The van der Waals surface area contributed by atoms with Crippen LogP contribution in [-0.2, 0) is 7.05 Å². The van der Waals surface area contributed by atoms with Crippen molar-refractivity contribution < 1.29 is 9.84 Å². The number of hydrogen-bond acceptors (Lipinski definition) is 4. The lowest BCUT2D eigenvalue weighted by atomic mass is 9.98. The van der Waals surface area contributed by atoms with Gasteiger partial charge in [-0.3, -0.25) is 0 Å². The molecule has 0 fully saturated rings. The molecule has 7 nitrogen and oxygen atoms in total. The molecule has 2 aromatic heterocycles. The molecule has 0 bridgehead atoms. The lowest BCUT2D eigenvalue weighted by Crippen LogP contribution is -2.25. The topological polar surface area (TPSA) is 74.2 Å². The van der Waals surface area contributed by atoms with E-state index in [4.69, 9.17) is 4.74 Å². The van der Waals surface area contributed by atoms with Crippen molar-refractivity contribution in [2.24, 2.45) is 7.05 Å². The average molecular weight is 463 g/mol. The lowest BCUT2D eigenvalue weighted by Gasteiger charge is -2.25. The summed E-state index contributed by atoms with van der Waals surface area (Å²) >= 11 is 0. The largest absolute Gasteiger partial charge is 0.507 e. The zero-order valence-corrected chi connectivity index (χ0v) is 21.2. The molecule has 2 aromatic carbocycles. The van der Waals surface area contributed by atoms with E-state index in [1.165, 1.54) is 4.68 Å². The molecule has 0 radical (unpaired) electrons. The second kappa shape index (κ2) is 8.38. The molecule has 0 saturated heterocycles. The Balaban J connectivity index is 1.98. The molecule has 0 aliphatic heterocycles. The van der Waals surface area contributed by atoms with Gasteiger partial charge in [-0.1, -0.05) is 13.8 Å². The first kappa shape index (κ1) is 23.7. The van der Waals surface area contributed by atoms with Crippen molar-refractivity contribution in [2.45, 2.75) is 66.0 Å². The maximum absolute atomic E-state index is 13.5. The molecule has 4 aromatic rings. The smallest absolute Gasteiger partial charge is 0.351 e. The number of aromatic nitrogens is 4. The number of hydrogen-bond donors (Lipinski definition) is 1. The third-order valence-electron chi connectivity index (χ3n) is 5.82. The van der Waals surface area contributed by atoms with Crippen molar-refractivity contribution in [1.82, 2.24) is 18.9 Å². The van der Waals surface area contributed by atoms with E-state index in [0.29, 0.717) is 22.8 Å². The Hall–Kier alpha value is -3.48. The van der Waals surface area contributed by atoms with E-state index in [1.54, 1.807) is 10.6 Å². The summed E-state index contributed by atoms with van der Waals surface area (Å²) in [6.45, 7) is 13.9. The number of fused-ring (bicyclic) bond motifs is 1. The number of nitrogens with zero attached hydrogens (tertiary/aromatic N) is 4. The van der Waals surface area contributed by atoms with Crippen LogP contribution in [0.15, 0.2) is 47.4 Å². The Morgan fingerprint density at radius 3 is 2.35 bits per heavy atom. The quantitative estimate of drug-likeness (QED) is 0.408. The minimum absolute atomic E-state index is 0.0200. The summed E-state index contributed by atoms with van der Waals surface area (Å²) in [7, 11) is 1.99. The zero-order valence-electron chi connectivity index (χ0n) is 21.2. The molecule has 0 aliphatic rings. The highest BCUT2D eigenvalue weighted by molar-refractivity contribution is 5.82. The number of phenolic OH excluding ortho intramolecular Hbond substituents is 1. The molecule has 7 heteroatoms. The van der Waals surface area contributed by atoms with Crippen LogP contribution in [0, 0.1) is 0 Å². The van der Waals surface area contributed by atoms with Crippen molar-refractivity contribution in [1.29, 1.82) is 0 Å². The van der Waals surface area contributed by atoms with Gasteiger partial charge in [0.1, 0.15) is 17.1 Å². The Labute approximate surface area is 200 Å². The van der Waals surface area contributed by atoms with Crippen molar-refractivity contribution in [3.8, 4) is 28.6 Å². The summed E-state index contributed by atoms with van der Waals surface area (Å²) in [4.78, 5) is 13.5. The van der Waals surface area contributed by atoms with Crippen molar-refractivity contribution in [3.05, 3.63) is 58.6 Å². The molecule has 4 rings (SSSR count). The van der Waals surface area contributed by atoms with E-state index in [2.05, 4.69) is 18.9 Å². The first-order valence-corrected chi connectivity index (χ1v) is 11.7. The summed E-state index contributed by atoms with van der Waals surface area (Å²) in [5.74, 6) is 1.19. The van der Waals surface area contributed by atoms with Crippen LogP contribution in [0.25, 0.3) is 28.0 Å². The molecule has 2 heterocycles. The first-order chi connectivity index (χ1) is 15.9. The molecule has 34 heavy (non-hydrogen) atoms. The van der Waals surface area contributed by atoms with Gasteiger partial charge in [0.2, 0.25) is 0 Å². The molecule has 0 spiro atoms. The highest BCUT2D eigenvalue weighted by Crippen LogP contribution is 2.39. The fourth-order valence-electron chi connectivity index (χ4n) is 4.17. The molecule has 180 valence electrons. The third kappa shape index (κ3) is 4.22. The number of rotatable bonds is 5. The number of phenols is 1. The summed E-state index contributed by atoms with van der Waals surface area (Å²) in [5, 5.41) is 16.8. The highest BCUT2D eigenvalue weighted by atomic mass is 16.5. The Morgan fingerprint density at radius 1 is 1.03 bits per heavy atom. The van der Waals surface area contributed by atoms with Crippen LogP contribution in [0.3, 0.4) is 0 Å². The summed E-state index contributed by atoms with van der Waals surface area (Å²) in [6, 6.07) is 11.3. The van der Waals surface area contributed by atoms with Gasteiger partial charge in [0, 0.05) is 30.2 Å². The standard InChI is InChI=1S/C27H34N4O3/c1-16(2)20-14-21(23(32)15-24(20)34-27(5,6)7)25-28-31(17(3)4)26(33)30(25)19-9-10-22-18(13-19)11-12-29(22)8/h9-17,32H,1-8H3.